The van der Waals surface area contributed by atoms with Gasteiger partial charge in [0.2, 0.25) is 5.91 Å². The van der Waals surface area contributed by atoms with Crippen molar-refractivity contribution in [1.82, 2.24) is 10.6 Å². The van der Waals surface area contributed by atoms with Gasteiger partial charge >= 0.3 is 0 Å². The van der Waals surface area contributed by atoms with Crippen molar-refractivity contribution in [3.63, 3.8) is 0 Å². The van der Waals surface area contributed by atoms with Crippen LogP contribution in [0, 0.1) is 0 Å². The highest BCUT2D eigenvalue weighted by molar-refractivity contribution is 5.81. The highest BCUT2D eigenvalue weighted by Gasteiger charge is 2.25. The molecular formula is C15H22N2O2. The largest absolute Gasteiger partial charge is 0.380 e. The van der Waals surface area contributed by atoms with E-state index in [4.69, 9.17) is 4.74 Å². The summed E-state index contributed by atoms with van der Waals surface area (Å²) >= 11 is 0. The quantitative estimate of drug-likeness (QED) is 0.784. The Morgan fingerprint density at radius 3 is 2.53 bits per heavy atom. The Hall–Kier alpha value is -1.39. The zero-order valence-corrected chi connectivity index (χ0v) is 11.6. The van der Waals surface area contributed by atoms with E-state index in [0.717, 1.165) is 18.4 Å². The highest BCUT2D eigenvalue weighted by Crippen LogP contribution is 2.18. The predicted molar refractivity (Wildman–Crippen MR) is 74.6 cm³/mol. The second-order valence-electron chi connectivity index (χ2n) is 5.13. The third kappa shape index (κ3) is 4.65. The molecule has 1 aromatic rings. The summed E-state index contributed by atoms with van der Waals surface area (Å²) < 4.78 is 5.07. The van der Waals surface area contributed by atoms with Crippen LogP contribution in [0.3, 0.4) is 0 Å². The van der Waals surface area contributed by atoms with Crippen molar-refractivity contribution in [2.45, 2.75) is 45.0 Å². The summed E-state index contributed by atoms with van der Waals surface area (Å²) in [6.45, 7) is 3.23. The monoisotopic (exact) mass is 262 g/mol. The van der Waals surface area contributed by atoms with Crippen LogP contribution >= 0.6 is 0 Å². The van der Waals surface area contributed by atoms with E-state index in [2.05, 4.69) is 34.9 Å². The molecule has 0 radical (unpaired) electrons. The Labute approximate surface area is 114 Å². The molecule has 2 rings (SSSR count). The van der Waals surface area contributed by atoms with E-state index in [1.807, 2.05) is 6.92 Å². The second kappa shape index (κ2) is 6.68. The van der Waals surface area contributed by atoms with Crippen molar-refractivity contribution >= 4 is 5.91 Å². The van der Waals surface area contributed by atoms with Crippen LogP contribution in [0.4, 0.5) is 0 Å². The van der Waals surface area contributed by atoms with Crippen LogP contribution in [0.15, 0.2) is 24.3 Å². The number of carbonyl (C=O) groups is 1. The van der Waals surface area contributed by atoms with Gasteiger partial charge in [0, 0.05) is 19.7 Å². The lowest BCUT2D eigenvalue weighted by Crippen LogP contribution is -2.42. The third-order valence-electron chi connectivity index (χ3n) is 3.26. The molecule has 0 bridgehead atoms. The fourth-order valence-electron chi connectivity index (χ4n) is 1.84. The number of carbonyl (C=O) groups excluding carboxylic acids is 1. The van der Waals surface area contributed by atoms with E-state index < -0.39 is 0 Å². The maximum atomic E-state index is 11.8. The maximum Gasteiger partial charge on any atom is 0.237 e. The van der Waals surface area contributed by atoms with Gasteiger partial charge in [0.1, 0.15) is 0 Å². The molecule has 0 saturated heterocycles. The molecule has 1 amide bonds. The number of ether oxygens (including phenoxy) is 1. The number of amides is 1. The fourth-order valence-corrected chi connectivity index (χ4v) is 1.84. The van der Waals surface area contributed by atoms with Crippen LogP contribution < -0.4 is 10.6 Å². The molecule has 1 aliphatic carbocycles. The highest BCUT2D eigenvalue weighted by atomic mass is 16.5. The topological polar surface area (TPSA) is 50.4 Å². The van der Waals surface area contributed by atoms with Crippen molar-refractivity contribution in [1.29, 1.82) is 0 Å². The molecule has 1 atom stereocenters. The minimum atomic E-state index is -0.153. The first-order valence-electron chi connectivity index (χ1n) is 6.79. The number of methoxy groups -OCH3 is 1. The lowest BCUT2D eigenvalue weighted by molar-refractivity contribution is -0.122. The molecule has 0 aliphatic heterocycles. The van der Waals surface area contributed by atoms with E-state index in [1.165, 1.54) is 5.56 Å². The maximum absolute atomic E-state index is 11.8. The number of hydrogen-bond acceptors (Lipinski definition) is 3. The Balaban J connectivity index is 1.75. The van der Waals surface area contributed by atoms with Crippen molar-refractivity contribution in [2.75, 3.05) is 7.11 Å². The second-order valence-corrected chi connectivity index (χ2v) is 5.13. The summed E-state index contributed by atoms with van der Waals surface area (Å²) in [6, 6.07) is 8.49. The third-order valence-corrected chi connectivity index (χ3v) is 3.26. The average molecular weight is 262 g/mol. The van der Waals surface area contributed by atoms with E-state index in [0.29, 0.717) is 19.2 Å². The van der Waals surface area contributed by atoms with Gasteiger partial charge in [-0.05, 0) is 30.9 Å². The SMILES string of the molecule is COCc1ccc(CNC(C)C(=O)NC2CC2)cc1. The molecule has 104 valence electrons. The van der Waals surface area contributed by atoms with Crippen LogP contribution in [-0.2, 0) is 22.7 Å². The van der Waals surface area contributed by atoms with Gasteiger partial charge in [0.15, 0.2) is 0 Å². The molecule has 1 fully saturated rings. The van der Waals surface area contributed by atoms with Crippen molar-refractivity contribution < 1.29 is 9.53 Å². The number of hydrogen-bond donors (Lipinski definition) is 2. The van der Waals surface area contributed by atoms with E-state index in [1.54, 1.807) is 7.11 Å². The van der Waals surface area contributed by atoms with Crippen molar-refractivity contribution in [3.8, 4) is 0 Å². The summed E-state index contributed by atoms with van der Waals surface area (Å²) in [4.78, 5) is 11.8. The first-order valence-corrected chi connectivity index (χ1v) is 6.79. The number of nitrogens with one attached hydrogen (secondary N) is 2. The van der Waals surface area contributed by atoms with Gasteiger partial charge in [0.25, 0.3) is 0 Å². The molecule has 1 unspecified atom stereocenters. The standard InChI is InChI=1S/C15H22N2O2/c1-11(15(18)17-14-7-8-14)16-9-12-3-5-13(6-4-12)10-19-2/h3-6,11,14,16H,7-10H2,1-2H3,(H,17,18). The Bertz CT molecular complexity index is 413. The van der Waals surface area contributed by atoms with Gasteiger partial charge < -0.3 is 15.4 Å². The van der Waals surface area contributed by atoms with Crippen LogP contribution in [0.2, 0.25) is 0 Å². The smallest absolute Gasteiger partial charge is 0.237 e. The van der Waals surface area contributed by atoms with Crippen LogP contribution in [-0.4, -0.2) is 25.1 Å². The molecule has 0 heterocycles. The summed E-state index contributed by atoms with van der Waals surface area (Å²) in [7, 11) is 1.69. The first-order chi connectivity index (χ1) is 9.19. The van der Waals surface area contributed by atoms with Crippen LogP contribution in [0.1, 0.15) is 30.9 Å². The molecule has 1 saturated carbocycles. The molecule has 4 nitrogen and oxygen atoms in total. The molecule has 19 heavy (non-hydrogen) atoms. The summed E-state index contributed by atoms with van der Waals surface area (Å²) in [6.07, 6.45) is 2.25. The van der Waals surface area contributed by atoms with E-state index in [-0.39, 0.29) is 11.9 Å². The van der Waals surface area contributed by atoms with E-state index >= 15 is 0 Å². The lowest BCUT2D eigenvalue weighted by Gasteiger charge is -2.14. The lowest BCUT2D eigenvalue weighted by atomic mass is 10.1. The Morgan fingerprint density at radius 1 is 1.32 bits per heavy atom. The van der Waals surface area contributed by atoms with Gasteiger partial charge in [-0.2, -0.15) is 0 Å². The average Bonchev–Trinajstić information content (AvgIpc) is 3.22. The zero-order chi connectivity index (χ0) is 13.7. The summed E-state index contributed by atoms with van der Waals surface area (Å²) in [5.74, 6) is 0.0958. The van der Waals surface area contributed by atoms with Crippen molar-refractivity contribution in [3.05, 3.63) is 35.4 Å². The summed E-state index contributed by atoms with van der Waals surface area (Å²) in [5.41, 5.74) is 2.33. The van der Waals surface area contributed by atoms with E-state index in [9.17, 15) is 4.79 Å². The van der Waals surface area contributed by atoms with Gasteiger partial charge in [0.05, 0.1) is 12.6 Å². The van der Waals surface area contributed by atoms with Gasteiger partial charge in [-0.25, -0.2) is 0 Å². The normalized spacial score (nSPS) is 16.1. The Kier molecular flexibility index (Phi) is 4.93. The molecule has 0 aromatic heterocycles. The van der Waals surface area contributed by atoms with Gasteiger partial charge in [-0.1, -0.05) is 24.3 Å². The number of benzene rings is 1. The zero-order valence-electron chi connectivity index (χ0n) is 11.6. The van der Waals surface area contributed by atoms with Crippen LogP contribution in [0.5, 0.6) is 0 Å². The molecule has 2 N–H and O–H groups in total. The first kappa shape index (κ1) is 14.0. The predicted octanol–water partition coefficient (Wildman–Crippen LogP) is 1.59. The molecule has 4 heteroatoms. The minimum Gasteiger partial charge on any atom is -0.380 e. The van der Waals surface area contributed by atoms with Crippen molar-refractivity contribution in [2.24, 2.45) is 0 Å². The fraction of sp³-hybridized carbons (Fsp3) is 0.533. The summed E-state index contributed by atoms with van der Waals surface area (Å²) in [5, 5.41) is 6.24. The molecule has 1 aromatic carbocycles. The van der Waals surface area contributed by atoms with Gasteiger partial charge in [-0.15, -0.1) is 0 Å². The minimum absolute atomic E-state index is 0.0958. The molecule has 1 aliphatic rings. The van der Waals surface area contributed by atoms with Gasteiger partial charge in [-0.3, -0.25) is 4.79 Å². The Morgan fingerprint density at radius 2 is 1.95 bits per heavy atom. The number of rotatable bonds is 7. The molecular weight excluding hydrogens is 240 g/mol. The molecule has 0 spiro atoms. The van der Waals surface area contributed by atoms with Crippen LogP contribution in [0.25, 0.3) is 0 Å².